The van der Waals surface area contributed by atoms with Crippen LogP contribution < -0.4 is 11.1 Å². The first-order valence-electron chi connectivity index (χ1n) is 7.35. The second-order valence-corrected chi connectivity index (χ2v) is 6.79. The number of hydrogen-bond acceptors (Lipinski definition) is 4. The lowest BCUT2D eigenvalue weighted by atomic mass is 9.79. The number of piperazine rings is 1. The molecule has 1 atom stereocenters. The maximum atomic E-state index is 10.5. The number of nitrogen functional groups attached to an aromatic ring is 1. The lowest BCUT2D eigenvalue weighted by Gasteiger charge is -2.43. The molecule has 1 aliphatic rings. The molecule has 1 fully saturated rings. The lowest BCUT2D eigenvalue weighted by Crippen LogP contribution is -2.48. The van der Waals surface area contributed by atoms with E-state index in [9.17, 15) is 5.11 Å². The van der Waals surface area contributed by atoms with E-state index in [1.165, 1.54) is 0 Å². The number of hydrogen-bond donors (Lipinski definition) is 3. The second-order valence-electron chi connectivity index (χ2n) is 6.79. The van der Waals surface area contributed by atoms with Crippen LogP contribution in [0.1, 0.15) is 37.9 Å². The minimum Gasteiger partial charge on any atom is -0.505 e. The summed E-state index contributed by atoms with van der Waals surface area (Å²) < 4.78 is 0. The number of phenols is 1. The van der Waals surface area contributed by atoms with Crippen LogP contribution in [0.2, 0.25) is 0 Å². The highest BCUT2D eigenvalue weighted by atomic mass is 16.3. The largest absolute Gasteiger partial charge is 0.505 e. The minimum atomic E-state index is 0.0351. The zero-order chi connectivity index (χ0) is 14.9. The van der Waals surface area contributed by atoms with E-state index >= 15 is 0 Å². The zero-order valence-electron chi connectivity index (χ0n) is 13.0. The van der Waals surface area contributed by atoms with Crippen LogP contribution in [0.3, 0.4) is 0 Å². The Bertz CT molecular complexity index is 473. The van der Waals surface area contributed by atoms with Crippen molar-refractivity contribution in [2.75, 3.05) is 31.9 Å². The summed E-state index contributed by atoms with van der Waals surface area (Å²) in [4.78, 5) is 2.46. The van der Waals surface area contributed by atoms with Gasteiger partial charge in [-0.2, -0.15) is 0 Å². The molecule has 20 heavy (non-hydrogen) atoms. The van der Waals surface area contributed by atoms with Gasteiger partial charge in [-0.05, 0) is 24.0 Å². The van der Waals surface area contributed by atoms with Crippen LogP contribution in [-0.2, 0) is 0 Å². The number of nitrogens with one attached hydrogen (secondary N) is 1. The van der Waals surface area contributed by atoms with Gasteiger partial charge < -0.3 is 16.2 Å². The molecule has 1 saturated heterocycles. The maximum Gasteiger partial charge on any atom is 0.143 e. The van der Waals surface area contributed by atoms with Crippen molar-refractivity contribution in [2.24, 2.45) is 5.41 Å². The van der Waals surface area contributed by atoms with Gasteiger partial charge in [0.15, 0.2) is 0 Å². The quantitative estimate of drug-likeness (QED) is 0.573. The maximum absolute atomic E-state index is 10.5. The van der Waals surface area contributed by atoms with Crippen LogP contribution in [0.4, 0.5) is 5.69 Å². The molecule has 0 aliphatic carbocycles. The van der Waals surface area contributed by atoms with Gasteiger partial charge >= 0.3 is 0 Å². The average molecular weight is 277 g/mol. The summed E-state index contributed by atoms with van der Waals surface area (Å²) in [6.45, 7) is 12.7. The van der Waals surface area contributed by atoms with Crippen molar-refractivity contribution in [3.05, 3.63) is 23.3 Å². The van der Waals surface area contributed by atoms with E-state index in [4.69, 9.17) is 5.73 Å². The standard InChI is InChI=1S/C16H27N3O/c1-11-5-6-12(17)14(20)13(11)15(16(2,3)4)19-9-7-18-8-10-19/h5-6,15,18,20H,7-10,17H2,1-4H3/t15-/m1/s1. The molecule has 4 nitrogen and oxygen atoms in total. The highest BCUT2D eigenvalue weighted by Crippen LogP contribution is 2.44. The highest BCUT2D eigenvalue weighted by molar-refractivity contribution is 5.59. The fourth-order valence-corrected chi connectivity index (χ4v) is 3.17. The number of aryl methyl sites for hydroxylation is 1. The van der Waals surface area contributed by atoms with Crippen LogP contribution in [0.25, 0.3) is 0 Å². The predicted molar refractivity (Wildman–Crippen MR) is 83.9 cm³/mol. The minimum absolute atomic E-state index is 0.0351. The Labute approximate surface area is 122 Å². The second kappa shape index (κ2) is 5.62. The fraction of sp³-hybridized carbons (Fsp3) is 0.625. The third-order valence-electron chi connectivity index (χ3n) is 4.08. The Morgan fingerprint density at radius 2 is 1.85 bits per heavy atom. The first kappa shape index (κ1) is 15.1. The Morgan fingerprint density at radius 1 is 1.25 bits per heavy atom. The molecule has 0 bridgehead atoms. The van der Waals surface area contributed by atoms with Gasteiger partial charge in [-0.25, -0.2) is 0 Å². The fourth-order valence-electron chi connectivity index (χ4n) is 3.17. The first-order valence-corrected chi connectivity index (χ1v) is 7.35. The molecule has 112 valence electrons. The molecular weight excluding hydrogens is 250 g/mol. The Balaban J connectivity index is 2.49. The molecule has 4 N–H and O–H groups in total. The molecule has 4 heteroatoms. The lowest BCUT2D eigenvalue weighted by molar-refractivity contribution is 0.0838. The van der Waals surface area contributed by atoms with E-state index in [-0.39, 0.29) is 17.2 Å². The van der Waals surface area contributed by atoms with E-state index in [1.54, 1.807) is 6.07 Å². The van der Waals surface area contributed by atoms with Crippen molar-refractivity contribution in [1.29, 1.82) is 0 Å². The number of nitrogens with zero attached hydrogens (tertiary/aromatic N) is 1. The van der Waals surface area contributed by atoms with Gasteiger partial charge in [-0.1, -0.05) is 26.8 Å². The van der Waals surface area contributed by atoms with Gasteiger partial charge in [-0.3, -0.25) is 4.90 Å². The van der Waals surface area contributed by atoms with Gasteiger partial charge in [0.05, 0.1) is 5.69 Å². The number of anilines is 1. The van der Waals surface area contributed by atoms with Crippen molar-refractivity contribution in [2.45, 2.75) is 33.7 Å². The van der Waals surface area contributed by atoms with E-state index in [2.05, 4.69) is 37.9 Å². The van der Waals surface area contributed by atoms with Gasteiger partial charge in [0.1, 0.15) is 5.75 Å². The van der Waals surface area contributed by atoms with Gasteiger partial charge in [0, 0.05) is 37.8 Å². The number of aromatic hydroxyl groups is 1. The summed E-state index contributed by atoms with van der Waals surface area (Å²) in [5, 5.41) is 13.9. The Hall–Kier alpha value is -1.26. The zero-order valence-corrected chi connectivity index (χ0v) is 13.0. The average Bonchev–Trinajstić information content (AvgIpc) is 2.39. The molecular formula is C16H27N3O. The Morgan fingerprint density at radius 3 is 2.40 bits per heavy atom. The molecule has 0 unspecified atom stereocenters. The first-order chi connectivity index (χ1) is 9.32. The summed E-state index contributed by atoms with van der Waals surface area (Å²) in [6.07, 6.45) is 0. The molecule has 2 rings (SSSR count). The van der Waals surface area contributed by atoms with Crippen LogP contribution in [0.5, 0.6) is 5.75 Å². The van der Waals surface area contributed by atoms with Gasteiger partial charge in [0.25, 0.3) is 0 Å². The van der Waals surface area contributed by atoms with Crippen LogP contribution in [-0.4, -0.2) is 36.2 Å². The number of nitrogens with two attached hydrogens (primary N) is 1. The molecule has 1 aliphatic heterocycles. The molecule has 1 aromatic rings. The SMILES string of the molecule is Cc1ccc(N)c(O)c1[C@@H](N1CCNCC1)C(C)(C)C. The molecule has 0 radical (unpaired) electrons. The normalized spacial score (nSPS) is 19.0. The number of rotatable bonds is 2. The summed E-state index contributed by atoms with van der Waals surface area (Å²) in [5.41, 5.74) is 8.51. The highest BCUT2D eigenvalue weighted by Gasteiger charge is 2.35. The van der Waals surface area contributed by atoms with E-state index in [0.717, 1.165) is 37.3 Å². The molecule has 0 saturated carbocycles. The van der Waals surface area contributed by atoms with Gasteiger partial charge in [0.2, 0.25) is 0 Å². The number of benzene rings is 1. The molecule has 1 heterocycles. The van der Waals surface area contributed by atoms with Crippen LogP contribution >= 0.6 is 0 Å². The molecule has 1 aromatic carbocycles. The summed E-state index contributed by atoms with van der Waals surface area (Å²) in [7, 11) is 0. The summed E-state index contributed by atoms with van der Waals surface area (Å²) in [6, 6.07) is 3.96. The van der Waals surface area contributed by atoms with Crippen LogP contribution in [0.15, 0.2) is 12.1 Å². The molecule has 0 spiro atoms. The van der Waals surface area contributed by atoms with Crippen molar-refractivity contribution in [3.8, 4) is 5.75 Å². The predicted octanol–water partition coefficient (Wildman–Crippen LogP) is 2.28. The van der Waals surface area contributed by atoms with Crippen molar-refractivity contribution < 1.29 is 5.11 Å². The monoisotopic (exact) mass is 277 g/mol. The summed E-state index contributed by atoms with van der Waals surface area (Å²) in [5.74, 6) is 0.253. The molecule has 0 aromatic heterocycles. The smallest absolute Gasteiger partial charge is 0.143 e. The van der Waals surface area contributed by atoms with E-state index in [0.29, 0.717) is 5.69 Å². The third-order valence-corrected chi connectivity index (χ3v) is 4.08. The number of phenolic OH excluding ortho intramolecular Hbond substituents is 1. The van der Waals surface area contributed by atoms with Crippen molar-refractivity contribution in [3.63, 3.8) is 0 Å². The van der Waals surface area contributed by atoms with E-state index in [1.807, 2.05) is 6.07 Å². The Kier molecular flexibility index (Phi) is 4.25. The van der Waals surface area contributed by atoms with Crippen molar-refractivity contribution >= 4 is 5.69 Å². The van der Waals surface area contributed by atoms with Gasteiger partial charge in [-0.15, -0.1) is 0 Å². The summed E-state index contributed by atoms with van der Waals surface area (Å²) >= 11 is 0. The van der Waals surface area contributed by atoms with E-state index < -0.39 is 0 Å². The van der Waals surface area contributed by atoms with Crippen LogP contribution in [0, 0.1) is 12.3 Å². The molecule has 0 amide bonds. The topological polar surface area (TPSA) is 61.5 Å². The van der Waals surface area contributed by atoms with Crippen molar-refractivity contribution in [1.82, 2.24) is 10.2 Å². The third kappa shape index (κ3) is 2.91.